The fourth-order valence-corrected chi connectivity index (χ4v) is 3.56. The van der Waals surface area contributed by atoms with E-state index in [4.69, 9.17) is 0 Å². The van der Waals surface area contributed by atoms with E-state index in [9.17, 15) is 4.79 Å². The van der Waals surface area contributed by atoms with Crippen LogP contribution in [0.2, 0.25) is 0 Å². The first-order chi connectivity index (χ1) is 13.2. The summed E-state index contributed by atoms with van der Waals surface area (Å²) < 4.78 is 2.16. The molecule has 1 aliphatic rings. The van der Waals surface area contributed by atoms with Crippen molar-refractivity contribution in [2.45, 2.75) is 32.2 Å². The van der Waals surface area contributed by atoms with Crippen LogP contribution in [-0.2, 0) is 6.54 Å². The molecule has 1 amide bonds. The summed E-state index contributed by atoms with van der Waals surface area (Å²) in [6.07, 6.45) is 12.7. The lowest BCUT2D eigenvalue weighted by atomic mass is 9.96. The molecule has 7 heteroatoms. The van der Waals surface area contributed by atoms with E-state index in [0.717, 1.165) is 37.3 Å². The highest BCUT2D eigenvalue weighted by molar-refractivity contribution is 5.93. The molecule has 0 aliphatic carbocycles. The van der Waals surface area contributed by atoms with Crippen LogP contribution in [0.1, 0.15) is 46.3 Å². The Morgan fingerprint density at radius 3 is 2.81 bits per heavy atom. The van der Waals surface area contributed by atoms with Crippen LogP contribution in [0.15, 0.2) is 49.3 Å². The fraction of sp³-hybridized carbons (Fsp3) is 0.350. The number of aryl methyl sites for hydroxylation is 1. The molecule has 0 spiro atoms. The van der Waals surface area contributed by atoms with Crippen LogP contribution >= 0.6 is 0 Å². The molecule has 0 bridgehead atoms. The maximum atomic E-state index is 12.8. The molecule has 138 valence electrons. The second-order valence-electron chi connectivity index (χ2n) is 6.88. The number of carbonyl (C=O) groups excluding carboxylic acids is 1. The van der Waals surface area contributed by atoms with E-state index in [1.807, 2.05) is 36.5 Å². The molecule has 4 heterocycles. The Hall–Kier alpha value is -3.09. The van der Waals surface area contributed by atoms with Crippen molar-refractivity contribution in [2.24, 2.45) is 0 Å². The van der Waals surface area contributed by atoms with Crippen molar-refractivity contribution < 1.29 is 4.79 Å². The summed E-state index contributed by atoms with van der Waals surface area (Å²) in [7, 11) is 0. The maximum Gasteiger partial charge on any atom is 0.257 e. The van der Waals surface area contributed by atoms with Gasteiger partial charge in [-0.25, -0.2) is 15.0 Å². The first-order valence-corrected chi connectivity index (χ1v) is 9.18. The quantitative estimate of drug-likeness (QED) is 0.712. The number of imidazole rings is 1. The molecular formula is C20H22N6O. The number of likely N-dealkylation sites (tertiary alicyclic amines) is 1. The van der Waals surface area contributed by atoms with Gasteiger partial charge in [-0.1, -0.05) is 6.07 Å². The van der Waals surface area contributed by atoms with Gasteiger partial charge < -0.3 is 9.47 Å². The number of nitrogens with zero attached hydrogens (tertiary/aromatic N) is 6. The minimum absolute atomic E-state index is 0.00920. The largest absolute Gasteiger partial charge is 0.338 e. The van der Waals surface area contributed by atoms with Gasteiger partial charge in [0.1, 0.15) is 11.6 Å². The van der Waals surface area contributed by atoms with Gasteiger partial charge in [0, 0.05) is 56.2 Å². The zero-order chi connectivity index (χ0) is 18.6. The average molecular weight is 362 g/mol. The van der Waals surface area contributed by atoms with Crippen molar-refractivity contribution in [1.82, 2.24) is 29.4 Å². The van der Waals surface area contributed by atoms with Crippen LogP contribution < -0.4 is 0 Å². The van der Waals surface area contributed by atoms with Gasteiger partial charge in [-0.2, -0.15) is 0 Å². The number of hydrogen-bond acceptors (Lipinski definition) is 5. The Kier molecular flexibility index (Phi) is 4.91. The van der Waals surface area contributed by atoms with Gasteiger partial charge in [0.05, 0.1) is 12.1 Å². The lowest BCUT2D eigenvalue weighted by Gasteiger charge is -2.32. The van der Waals surface area contributed by atoms with E-state index in [0.29, 0.717) is 17.9 Å². The van der Waals surface area contributed by atoms with Crippen molar-refractivity contribution in [3.63, 3.8) is 0 Å². The Labute approximate surface area is 158 Å². The van der Waals surface area contributed by atoms with E-state index in [1.165, 1.54) is 0 Å². The minimum Gasteiger partial charge on any atom is -0.338 e. The Morgan fingerprint density at radius 2 is 2.04 bits per heavy atom. The lowest BCUT2D eigenvalue weighted by Crippen LogP contribution is -2.40. The summed E-state index contributed by atoms with van der Waals surface area (Å²) >= 11 is 0. The predicted octanol–water partition coefficient (Wildman–Crippen LogP) is 2.44. The monoisotopic (exact) mass is 362 g/mol. The molecule has 1 atom stereocenters. The molecule has 1 saturated heterocycles. The van der Waals surface area contributed by atoms with Gasteiger partial charge in [0.2, 0.25) is 0 Å². The fourth-order valence-electron chi connectivity index (χ4n) is 3.56. The first-order valence-electron chi connectivity index (χ1n) is 9.18. The second-order valence-corrected chi connectivity index (χ2v) is 6.88. The molecule has 3 aromatic rings. The predicted molar refractivity (Wildman–Crippen MR) is 100 cm³/mol. The summed E-state index contributed by atoms with van der Waals surface area (Å²) in [5.74, 6) is 1.91. The maximum absolute atomic E-state index is 12.8. The van der Waals surface area contributed by atoms with E-state index in [1.54, 1.807) is 18.6 Å². The minimum atomic E-state index is -0.00920. The molecule has 27 heavy (non-hydrogen) atoms. The van der Waals surface area contributed by atoms with Gasteiger partial charge in [-0.3, -0.25) is 9.78 Å². The van der Waals surface area contributed by atoms with E-state index in [2.05, 4.69) is 30.6 Å². The third-order valence-corrected chi connectivity index (χ3v) is 4.93. The molecular weight excluding hydrogens is 340 g/mol. The van der Waals surface area contributed by atoms with Gasteiger partial charge in [-0.05, 0) is 31.4 Å². The standard InChI is InChI=1S/C20H22N6O/c1-15-23-11-18(12-24-15)20(27)26-8-3-5-17(14-26)19-22-7-9-25(19)13-16-4-2-6-21-10-16/h2,4,6-7,9-12,17H,3,5,8,13-14H2,1H3/t17-/m1/s1. The molecule has 3 aromatic heterocycles. The smallest absolute Gasteiger partial charge is 0.257 e. The van der Waals surface area contributed by atoms with Crippen molar-refractivity contribution in [1.29, 1.82) is 0 Å². The highest BCUT2D eigenvalue weighted by atomic mass is 16.2. The van der Waals surface area contributed by atoms with Gasteiger partial charge in [0.15, 0.2) is 0 Å². The SMILES string of the molecule is Cc1ncc(C(=O)N2CCC[C@@H](c3nccn3Cc3cccnc3)C2)cn1. The normalized spacial score (nSPS) is 17.1. The van der Waals surface area contributed by atoms with Crippen molar-refractivity contribution in [3.8, 4) is 0 Å². The zero-order valence-electron chi connectivity index (χ0n) is 15.3. The molecule has 7 nitrogen and oxygen atoms in total. The van der Waals surface area contributed by atoms with Crippen LogP contribution in [0.4, 0.5) is 0 Å². The number of rotatable bonds is 4. The number of pyridine rings is 1. The van der Waals surface area contributed by atoms with E-state index in [-0.39, 0.29) is 11.8 Å². The Morgan fingerprint density at radius 1 is 1.19 bits per heavy atom. The summed E-state index contributed by atoms with van der Waals surface area (Å²) in [4.78, 5) is 31.8. The highest BCUT2D eigenvalue weighted by Gasteiger charge is 2.28. The topological polar surface area (TPSA) is 76.8 Å². The second kappa shape index (κ2) is 7.65. The summed E-state index contributed by atoms with van der Waals surface area (Å²) in [6, 6.07) is 4.00. The first kappa shape index (κ1) is 17.3. The molecule has 4 rings (SSSR count). The number of amides is 1. The highest BCUT2D eigenvalue weighted by Crippen LogP contribution is 2.27. The van der Waals surface area contributed by atoms with Crippen molar-refractivity contribution in [2.75, 3.05) is 13.1 Å². The molecule has 0 radical (unpaired) electrons. The Bertz CT molecular complexity index is 906. The van der Waals surface area contributed by atoms with E-state index < -0.39 is 0 Å². The van der Waals surface area contributed by atoms with Crippen LogP contribution in [0.5, 0.6) is 0 Å². The molecule has 1 aliphatic heterocycles. The van der Waals surface area contributed by atoms with E-state index >= 15 is 0 Å². The van der Waals surface area contributed by atoms with Gasteiger partial charge >= 0.3 is 0 Å². The Balaban J connectivity index is 1.50. The lowest BCUT2D eigenvalue weighted by molar-refractivity contribution is 0.0702. The zero-order valence-corrected chi connectivity index (χ0v) is 15.3. The van der Waals surface area contributed by atoms with Gasteiger partial charge in [-0.15, -0.1) is 0 Å². The molecule has 0 saturated carbocycles. The summed E-state index contributed by atoms with van der Waals surface area (Å²) in [6.45, 7) is 3.97. The summed E-state index contributed by atoms with van der Waals surface area (Å²) in [5.41, 5.74) is 1.68. The third-order valence-electron chi connectivity index (χ3n) is 4.93. The van der Waals surface area contributed by atoms with Crippen LogP contribution in [0.25, 0.3) is 0 Å². The number of hydrogen-bond donors (Lipinski definition) is 0. The molecule has 0 N–H and O–H groups in total. The number of aromatic nitrogens is 5. The molecule has 0 unspecified atom stereocenters. The van der Waals surface area contributed by atoms with Crippen LogP contribution in [0.3, 0.4) is 0 Å². The molecule has 1 fully saturated rings. The number of carbonyl (C=O) groups is 1. The number of piperidine rings is 1. The average Bonchev–Trinajstić information content (AvgIpc) is 3.17. The van der Waals surface area contributed by atoms with Crippen molar-refractivity contribution in [3.05, 3.63) is 72.1 Å². The van der Waals surface area contributed by atoms with Crippen molar-refractivity contribution >= 4 is 5.91 Å². The molecule has 0 aromatic carbocycles. The summed E-state index contributed by atoms with van der Waals surface area (Å²) in [5, 5.41) is 0. The van der Waals surface area contributed by atoms with Crippen LogP contribution in [0, 0.1) is 6.92 Å². The van der Waals surface area contributed by atoms with Gasteiger partial charge in [0.25, 0.3) is 5.91 Å². The van der Waals surface area contributed by atoms with Crippen LogP contribution in [-0.4, -0.2) is 48.4 Å². The third kappa shape index (κ3) is 3.86.